The minimum Gasteiger partial charge on any atom is -0.435 e. The molecule has 1 aliphatic rings. The van der Waals surface area contributed by atoms with Crippen LogP contribution < -0.4 is 5.32 Å². The third-order valence-electron chi connectivity index (χ3n) is 8.29. The summed E-state index contributed by atoms with van der Waals surface area (Å²) in [6, 6.07) is 14.3. The van der Waals surface area contributed by atoms with E-state index in [2.05, 4.69) is 34.3 Å². The van der Waals surface area contributed by atoms with Gasteiger partial charge in [0.15, 0.2) is 11.4 Å². The van der Waals surface area contributed by atoms with Gasteiger partial charge in [0.2, 0.25) is 5.89 Å². The molecular weight excluding hydrogens is 558 g/mol. The molecule has 0 spiro atoms. The van der Waals surface area contributed by atoms with E-state index in [0.29, 0.717) is 46.1 Å². The number of rotatable bonds is 9. The van der Waals surface area contributed by atoms with E-state index >= 15 is 0 Å². The topological polar surface area (TPSA) is 68.8 Å². The number of hydrogen-bond acceptors (Lipinski definition) is 5. The molecule has 10 heteroatoms. The molecule has 1 fully saturated rings. The maximum atomic E-state index is 14.2. The van der Waals surface area contributed by atoms with Crippen LogP contribution in [0.2, 0.25) is 0 Å². The highest BCUT2D eigenvalue weighted by Crippen LogP contribution is 2.45. The van der Waals surface area contributed by atoms with Crippen LogP contribution >= 0.6 is 0 Å². The molecule has 2 aromatic heterocycles. The number of alkyl halides is 3. The van der Waals surface area contributed by atoms with Crippen molar-refractivity contribution in [2.75, 3.05) is 6.54 Å². The van der Waals surface area contributed by atoms with Crippen LogP contribution in [-0.4, -0.2) is 26.3 Å². The average Bonchev–Trinajstić information content (AvgIpc) is 3.56. The van der Waals surface area contributed by atoms with Gasteiger partial charge in [-0.25, -0.2) is 9.37 Å². The van der Waals surface area contributed by atoms with Crippen LogP contribution in [0.5, 0.6) is 0 Å². The number of aryl methyl sites for hydroxylation is 1. The number of fused-ring (bicyclic) bond motifs is 1. The van der Waals surface area contributed by atoms with Gasteiger partial charge in [-0.3, -0.25) is 0 Å². The maximum absolute atomic E-state index is 14.2. The van der Waals surface area contributed by atoms with E-state index in [1.54, 1.807) is 41.9 Å². The second-order valence-electron chi connectivity index (χ2n) is 12.1. The Labute approximate surface area is 247 Å². The van der Waals surface area contributed by atoms with E-state index in [-0.39, 0.29) is 22.4 Å². The second-order valence-corrected chi connectivity index (χ2v) is 12.1. The van der Waals surface area contributed by atoms with Gasteiger partial charge in [-0.1, -0.05) is 38.5 Å². The molecular formula is C33H33F4N5O. The zero-order valence-electron chi connectivity index (χ0n) is 24.3. The standard InChI is InChI=1S/C33H33F4N5O/c1-20(2)16-32(10-5-11-32)18-38-17-21-12-27(33(35,36)37)29-28(13-21)40-31(43-29)23-7-4-6-22(14-23)25-9-8-24(34)15-26(25)30-41-39-19-42(30)3/h4,6-9,12-15,19-20,38H,5,10-11,16-18H2,1-3H3. The highest BCUT2D eigenvalue weighted by Gasteiger charge is 2.38. The molecule has 1 aliphatic carbocycles. The molecule has 224 valence electrons. The van der Waals surface area contributed by atoms with Crippen molar-refractivity contribution in [2.24, 2.45) is 18.4 Å². The Balaban J connectivity index is 1.33. The summed E-state index contributed by atoms with van der Waals surface area (Å²) in [6.07, 6.45) is 1.51. The first-order valence-electron chi connectivity index (χ1n) is 14.5. The molecule has 6 nitrogen and oxygen atoms in total. The largest absolute Gasteiger partial charge is 0.435 e. The first-order valence-corrected chi connectivity index (χ1v) is 14.5. The number of benzene rings is 3. The van der Waals surface area contributed by atoms with Crippen molar-refractivity contribution in [1.82, 2.24) is 25.1 Å². The molecule has 3 aromatic carbocycles. The fourth-order valence-electron chi connectivity index (χ4n) is 6.29. The highest BCUT2D eigenvalue weighted by atomic mass is 19.4. The van der Waals surface area contributed by atoms with Gasteiger partial charge >= 0.3 is 6.18 Å². The Morgan fingerprint density at radius 2 is 1.81 bits per heavy atom. The van der Waals surface area contributed by atoms with Crippen molar-refractivity contribution in [3.8, 4) is 34.0 Å². The van der Waals surface area contributed by atoms with Gasteiger partial charge in [0, 0.05) is 31.3 Å². The quantitative estimate of drug-likeness (QED) is 0.174. The van der Waals surface area contributed by atoms with Crippen molar-refractivity contribution in [2.45, 2.75) is 52.3 Å². The fourth-order valence-corrected chi connectivity index (χ4v) is 6.29. The van der Waals surface area contributed by atoms with E-state index in [0.717, 1.165) is 31.9 Å². The van der Waals surface area contributed by atoms with Crippen LogP contribution in [0.15, 0.2) is 65.3 Å². The Bertz CT molecular complexity index is 1770. The maximum Gasteiger partial charge on any atom is 0.420 e. The Kier molecular flexibility index (Phi) is 7.58. The number of oxazole rings is 1. The molecule has 0 aliphatic heterocycles. The average molecular weight is 592 g/mol. The summed E-state index contributed by atoms with van der Waals surface area (Å²) in [4.78, 5) is 4.50. The van der Waals surface area contributed by atoms with Gasteiger partial charge in [0.05, 0.1) is 0 Å². The summed E-state index contributed by atoms with van der Waals surface area (Å²) in [7, 11) is 1.76. The third kappa shape index (κ3) is 5.93. The van der Waals surface area contributed by atoms with Crippen LogP contribution in [0.25, 0.3) is 45.1 Å². The van der Waals surface area contributed by atoms with Gasteiger partial charge < -0.3 is 14.3 Å². The monoisotopic (exact) mass is 591 g/mol. The van der Waals surface area contributed by atoms with E-state index in [9.17, 15) is 17.6 Å². The van der Waals surface area contributed by atoms with Gasteiger partial charge in [-0.2, -0.15) is 13.2 Å². The van der Waals surface area contributed by atoms with Gasteiger partial charge in [0.25, 0.3) is 0 Å². The lowest BCUT2D eigenvalue weighted by Gasteiger charge is -2.43. The minimum atomic E-state index is -4.61. The predicted molar refractivity (Wildman–Crippen MR) is 157 cm³/mol. The van der Waals surface area contributed by atoms with Crippen LogP contribution in [0, 0.1) is 17.2 Å². The van der Waals surface area contributed by atoms with Gasteiger partial charge in [-0.15, -0.1) is 10.2 Å². The molecule has 0 saturated heterocycles. The van der Waals surface area contributed by atoms with Crippen LogP contribution in [0.3, 0.4) is 0 Å². The van der Waals surface area contributed by atoms with Crippen LogP contribution in [0.1, 0.15) is 50.7 Å². The molecule has 5 aromatic rings. The normalized spacial score (nSPS) is 14.9. The fraction of sp³-hybridized carbons (Fsp3) is 0.364. The molecule has 0 radical (unpaired) electrons. The molecule has 0 amide bonds. The number of nitrogens with one attached hydrogen (secondary N) is 1. The molecule has 43 heavy (non-hydrogen) atoms. The molecule has 6 rings (SSSR count). The van der Waals surface area contributed by atoms with E-state index < -0.39 is 17.6 Å². The summed E-state index contributed by atoms with van der Waals surface area (Å²) >= 11 is 0. The van der Waals surface area contributed by atoms with Crippen molar-refractivity contribution in [3.05, 3.63) is 77.9 Å². The molecule has 1 N–H and O–H groups in total. The predicted octanol–water partition coefficient (Wildman–Crippen LogP) is 8.42. The highest BCUT2D eigenvalue weighted by molar-refractivity contribution is 5.84. The summed E-state index contributed by atoms with van der Waals surface area (Å²) in [5.74, 6) is 0.693. The van der Waals surface area contributed by atoms with E-state index in [1.807, 2.05) is 6.07 Å². The zero-order valence-corrected chi connectivity index (χ0v) is 24.3. The van der Waals surface area contributed by atoms with E-state index in [1.165, 1.54) is 24.9 Å². The van der Waals surface area contributed by atoms with Crippen molar-refractivity contribution in [3.63, 3.8) is 0 Å². The minimum absolute atomic E-state index is 0.0696. The smallest absolute Gasteiger partial charge is 0.420 e. The molecule has 2 heterocycles. The lowest BCUT2D eigenvalue weighted by Crippen LogP contribution is -2.40. The van der Waals surface area contributed by atoms with Crippen LogP contribution in [0.4, 0.5) is 17.6 Å². The van der Waals surface area contributed by atoms with Gasteiger partial charge in [-0.05, 0) is 83.7 Å². The van der Waals surface area contributed by atoms with Crippen molar-refractivity contribution < 1.29 is 22.0 Å². The molecule has 0 bridgehead atoms. The zero-order chi connectivity index (χ0) is 30.4. The number of hydrogen-bond donors (Lipinski definition) is 1. The second kappa shape index (κ2) is 11.2. The van der Waals surface area contributed by atoms with Crippen LogP contribution in [-0.2, 0) is 19.8 Å². The molecule has 0 unspecified atom stereocenters. The molecule has 0 atom stereocenters. The van der Waals surface area contributed by atoms with Crippen molar-refractivity contribution >= 4 is 11.1 Å². The van der Waals surface area contributed by atoms with E-state index in [4.69, 9.17) is 4.42 Å². The Hall–Kier alpha value is -4.05. The number of halogens is 4. The first-order chi connectivity index (χ1) is 20.5. The lowest BCUT2D eigenvalue weighted by atomic mass is 9.64. The van der Waals surface area contributed by atoms with Crippen molar-refractivity contribution in [1.29, 1.82) is 0 Å². The summed E-state index contributed by atoms with van der Waals surface area (Å²) in [6.45, 7) is 5.50. The lowest BCUT2D eigenvalue weighted by molar-refractivity contribution is -0.136. The number of aromatic nitrogens is 4. The summed E-state index contributed by atoms with van der Waals surface area (Å²) < 4.78 is 64.3. The SMILES string of the molecule is CC(C)CC1(CNCc2cc(C(F)(F)F)c3oc(-c4cccc(-c5ccc(F)cc5-c5nncn5C)c4)nc3c2)CCC1. The molecule has 1 saturated carbocycles. The Morgan fingerprint density at radius 1 is 1.02 bits per heavy atom. The summed E-state index contributed by atoms with van der Waals surface area (Å²) in [5.41, 5.74) is 2.15. The number of nitrogens with zero attached hydrogens (tertiary/aromatic N) is 4. The third-order valence-corrected chi connectivity index (χ3v) is 8.29. The Morgan fingerprint density at radius 3 is 2.49 bits per heavy atom. The summed E-state index contributed by atoms with van der Waals surface area (Å²) in [5, 5.41) is 11.4. The first kappa shape index (κ1) is 29.0. The van der Waals surface area contributed by atoms with Gasteiger partial charge in [0.1, 0.15) is 23.2 Å².